The summed E-state index contributed by atoms with van der Waals surface area (Å²) in [4.78, 5) is 16.1. The van der Waals surface area contributed by atoms with Crippen molar-refractivity contribution in [2.75, 3.05) is 13.6 Å². The van der Waals surface area contributed by atoms with Crippen LogP contribution in [-0.2, 0) is 13.1 Å². The minimum atomic E-state index is -0.206. The van der Waals surface area contributed by atoms with Gasteiger partial charge in [0.1, 0.15) is 5.82 Å². The summed E-state index contributed by atoms with van der Waals surface area (Å²) >= 11 is 0. The number of halogens is 2. The molecule has 2 aromatic rings. The fourth-order valence-corrected chi connectivity index (χ4v) is 2.42. The number of nitrogens with zero attached hydrogens (tertiary/aromatic N) is 1. The van der Waals surface area contributed by atoms with E-state index in [1.165, 1.54) is 6.07 Å². The van der Waals surface area contributed by atoms with Crippen LogP contribution in [0.3, 0.4) is 0 Å². The number of hydrogen-bond donors (Lipinski definition) is 3. The van der Waals surface area contributed by atoms with E-state index >= 15 is 0 Å². The van der Waals surface area contributed by atoms with Crippen LogP contribution in [0.2, 0.25) is 0 Å². The zero-order valence-electron chi connectivity index (χ0n) is 15.8. The predicted octanol–water partition coefficient (Wildman–Crippen LogP) is 3.37. The summed E-state index contributed by atoms with van der Waals surface area (Å²) in [6.45, 7) is 5.53. The molecular formula is C20H26FIN4O. The lowest BCUT2D eigenvalue weighted by Crippen LogP contribution is -2.36. The summed E-state index contributed by atoms with van der Waals surface area (Å²) in [5.41, 5.74) is 3.24. The maximum absolute atomic E-state index is 13.3. The van der Waals surface area contributed by atoms with E-state index in [4.69, 9.17) is 0 Å². The van der Waals surface area contributed by atoms with Gasteiger partial charge in [-0.2, -0.15) is 0 Å². The Morgan fingerprint density at radius 2 is 1.74 bits per heavy atom. The van der Waals surface area contributed by atoms with Crippen molar-refractivity contribution in [1.29, 1.82) is 0 Å². The van der Waals surface area contributed by atoms with E-state index in [-0.39, 0.29) is 35.7 Å². The van der Waals surface area contributed by atoms with Gasteiger partial charge in [0, 0.05) is 25.7 Å². The molecule has 0 aliphatic carbocycles. The van der Waals surface area contributed by atoms with Crippen molar-refractivity contribution in [1.82, 2.24) is 16.0 Å². The quantitative estimate of drug-likeness (QED) is 0.335. The minimum absolute atomic E-state index is 0. The highest BCUT2D eigenvalue weighted by molar-refractivity contribution is 14.0. The van der Waals surface area contributed by atoms with Gasteiger partial charge in [-0.15, -0.1) is 24.0 Å². The molecule has 146 valence electrons. The number of rotatable bonds is 6. The first kappa shape index (κ1) is 22.9. The van der Waals surface area contributed by atoms with Crippen LogP contribution in [-0.4, -0.2) is 25.5 Å². The third-order valence-electron chi connectivity index (χ3n) is 3.89. The second-order valence-electron chi connectivity index (χ2n) is 5.91. The average molecular weight is 484 g/mol. The van der Waals surface area contributed by atoms with E-state index in [0.29, 0.717) is 30.2 Å². The Morgan fingerprint density at radius 1 is 1.07 bits per heavy atom. The largest absolute Gasteiger partial charge is 0.357 e. The van der Waals surface area contributed by atoms with Crippen molar-refractivity contribution in [3.8, 4) is 0 Å². The van der Waals surface area contributed by atoms with Gasteiger partial charge in [0.25, 0.3) is 5.91 Å². The molecule has 0 aliphatic rings. The van der Waals surface area contributed by atoms with E-state index in [1.807, 2.05) is 19.1 Å². The molecule has 0 unspecified atom stereocenters. The number of nitrogens with one attached hydrogen (secondary N) is 3. The molecule has 0 saturated carbocycles. The van der Waals surface area contributed by atoms with E-state index in [0.717, 1.165) is 17.7 Å². The van der Waals surface area contributed by atoms with Gasteiger partial charge < -0.3 is 16.0 Å². The topological polar surface area (TPSA) is 65.5 Å². The van der Waals surface area contributed by atoms with Gasteiger partial charge in [-0.1, -0.05) is 24.3 Å². The lowest BCUT2D eigenvalue weighted by Gasteiger charge is -2.12. The van der Waals surface area contributed by atoms with Crippen LogP contribution in [0.15, 0.2) is 47.5 Å². The van der Waals surface area contributed by atoms with Crippen LogP contribution in [0.1, 0.15) is 34.0 Å². The zero-order valence-corrected chi connectivity index (χ0v) is 18.1. The molecule has 5 nitrogen and oxygen atoms in total. The smallest absolute Gasteiger partial charge is 0.251 e. The van der Waals surface area contributed by atoms with Gasteiger partial charge in [0.05, 0.1) is 6.54 Å². The van der Waals surface area contributed by atoms with Crippen LogP contribution in [0, 0.1) is 12.7 Å². The Labute approximate surface area is 176 Å². The molecule has 0 radical (unpaired) electrons. The molecule has 0 bridgehead atoms. The standard InChI is InChI=1S/C20H25FN4O.HI/c1-4-23-20(25-13-16-7-10-18(21)14(2)11-16)24-12-15-5-8-17(9-6-15)19(26)22-3;/h5-11H,4,12-13H2,1-3H3,(H,22,26)(H2,23,24,25);1H. The normalized spacial score (nSPS) is 10.7. The second-order valence-corrected chi connectivity index (χ2v) is 5.91. The summed E-state index contributed by atoms with van der Waals surface area (Å²) in [5, 5.41) is 9.05. The minimum Gasteiger partial charge on any atom is -0.357 e. The molecule has 0 atom stereocenters. The van der Waals surface area contributed by atoms with E-state index in [2.05, 4.69) is 20.9 Å². The van der Waals surface area contributed by atoms with E-state index < -0.39 is 0 Å². The fraction of sp³-hybridized carbons (Fsp3) is 0.300. The molecule has 0 aliphatic heterocycles. The first-order chi connectivity index (χ1) is 12.5. The number of aliphatic imine (C=N–C) groups is 1. The van der Waals surface area contributed by atoms with Crippen LogP contribution in [0.5, 0.6) is 0 Å². The van der Waals surface area contributed by atoms with Gasteiger partial charge in [-0.3, -0.25) is 4.79 Å². The van der Waals surface area contributed by atoms with Gasteiger partial charge in [0.15, 0.2) is 5.96 Å². The average Bonchev–Trinajstić information content (AvgIpc) is 2.66. The first-order valence-electron chi connectivity index (χ1n) is 8.61. The number of guanidine groups is 1. The molecular weight excluding hydrogens is 458 g/mol. The summed E-state index contributed by atoms with van der Waals surface area (Å²) in [6.07, 6.45) is 0. The van der Waals surface area contributed by atoms with Crippen molar-refractivity contribution < 1.29 is 9.18 Å². The molecule has 0 saturated heterocycles. The Morgan fingerprint density at radius 3 is 2.33 bits per heavy atom. The van der Waals surface area contributed by atoms with Crippen molar-refractivity contribution in [3.05, 3.63) is 70.5 Å². The van der Waals surface area contributed by atoms with Crippen molar-refractivity contribution in [2.24, 2.45) is 4.99 Å². The van der Waals surface area contributed by atoms with Crippen molar-refractivity contribution in [3.63, 3.8) is 0 Å². The Balaban J connectivity index is 0.00000364. The van der Waals surface area contributed by atoms with Gasteiger partial charge in [0.2, 0.25) is 0 Å². The lowest BCUT2D eigenvalue weighted by molar-refractivity contribution is 0.0963. The van der Waals surface area contributed by atoms with E-state index in [1.54, 1.807) is 38.2 Å². The molecule has 0 aromatic heterocycles. The molecule has 0 heterocycles. The third kappa shape index (κ3) is 7.16. The monoisotopic (exact) mass is 484 g/mol. The highest BCUT2D eigenvalue weighted by Crippen LogP contribution is 2.10. The molecule has 3 N–H and O–H groups in total. The molecule has 0 fully saturated rings. The van der Waals surface area contributed by atoms with Crippen LogP contribution in [0.25, 0.3) is 0 Å². The van der Waals surface area contributed by atoms with Crippen LogP contribution >= 0.6 is 24.0 Å². The summed E-state index contributed by atoms with van der Waals surface area (Å²) in [7, 11) is 1.61. The second kappa shape index (κ2) is 11.5. The maximum atomic E-state index is 13.3. The maximum Gasteiger partial charge on any atom is 0.251 e. The number of aryl methyl sites for hydroxylation is 1. The van der Waals surface area contributed by atoms with Crippen molar-refractivity contribution in [2.45, 2.75) is 26.9 Å². The molecule has 27 heavy (non-hydrogen) atoms. The number of carbonyl (C=O) groups is 1. The Bertz CT molecular complexity index is 778. The SMILES string of the molecule is CCNC(=NCc1ccc(F)c(C)c1)NCc1ccc(C(=O)NC)cc1.I. The number of carbonyl (C=O) groups excluding carboxylic acids is 1. The third-order valence-corrected chi connectivity index (χ3v) is 3.89. The van der Waals surface area contributed by atoms with E-state index in [9.17, 15) is 9.18 Å². The molecule has 7 heteroatoms. The predicted molar refractivity (Wildman–Crippen MR) is 118 cm³/mol. The Hall–Kier alpha value is -2.16. The zero-order chi connectivity index (χ0) is 18.9. The van der Waals surface area contributed by atoms with Gasteiger partial charge in [-0.25, -0.2) is 9.38 Å². The van der Waals surface area contributed by atoms with Crippen LogP contribution < -0.4 is 16.0 Å². The molecule has 1 amide bonds. The lowest BCUT2D eigenvalue weighted by atomic mass is 10.1. The molecule has 2 rings (SSSR count). The van der Waals surface area contributed by atoms with Crippen LogP contribution in [0.4, 0.5) is 4.39 Å². The highest BCUT2D eigenvalue weighted by Gasteiger charge is 2.04. The van der Waals surface area contributed by atoms with Gasteiger partial charge >= 0.3 is 0 Å². The number of hydrogen-bond acceptors (Lipinski definition) is 2. The van der Waals surface area contributed by atoms with Crippen molar-refractivity contribution >= 4 is 35.8 Å². The summed E-state index contributed by atoms with van der Waals surface area (Å²) in [5.74, 6) is 0.377. The fourth-order valence-electron chi connectivity index (χ4n) is 2.42. The Kier molecular flexibility index (Phi) is 9.77. The number of benzene rings is 2. The summed E-state index contributed by atoms with van der Waals surface area (Å²) in [6, 6.07) is 12.4. The van der Waals surface area contributed by atoms with Gasteiger partial charge in [-0.05, 0) is 48.7 Å². The summed E-state index contributed by atoms with van der Waals surface area (Å²) < 4.78 is 13.3. The first-order valence-corrected chi connectivity index (χ1v) is 8.61. The number of amides is 1. The molecule has 2 aromatic carbocycles. The molecule has 0 spiro atoms. The highest BCUT2D eigenvalue weighted by atomic mass is 127.